The van der Waals surface area contributed by atoms with E-state index in [0.717, 1.165) is 0 Å². The summed E-state index contributed by atoms with van der Waals surface area (Å²) in [7, 11) is -2.87. The minimum atomic E-state index is -2.87. The van der Waals surface area contributed by atoms with Crippen LogP contribution in [0.15, 0.2) is 0 Å². The zero-order chi connectivity index (χ0) is 3.58. The van der Waals surface area contributed by atoms with Gasteiger partial charge in [-0.3, -0.25) is 0 Å². The van der Waals surface area contributed by atoms with Gasteiger partial charge in [-0.05, 0) is 0 Å². The van der Waals surface area contributed by atoms with Crippen LogP contribution in [0.4, 0.5) is 0 Å². The SMILES string of the molecule is O=[P+](O)O.[Nd]. The summed E-state index contributed by atoms with van der Waals surface area (Å²) in [5.41, 5.74) is 0. The van der Waals surface area contributed by atoms with Crippen LogP contribution in [0.25, 0.3) is 0 Å². The van der Waals surface area contributed by atoms with Crippen LogP contribution >= 0.6 is 8.25 Å². The molecule has 0 aromatic heterocycles. The van der Waals surface area contributed by atoms with Crippen molar-refractivity contribution in [2.75, 3.05) is 0 Å². The predicted molar refractivity (Wildman–Crippen MR) is 12.0 cm³/mol. The van der Waals surface area contributed by atoms with Crippen molar-refractivity contribution in [3.8, 4) is 0 Å². The first-order valence-corrected chi connectivity index (χ1v) is 1.75. The molecule has 0 atom stereocenters. The summed E-state index contributed by atoms with van der Waals surface area (Å²) < 4.78 is 8.70. The van der Waals surface area contributed by atoms with E-state index in [9.17, 15) is 0 Å². The maximum atomic E-state index is 8.70. The van der Waals surface area contributed by atoms with Crippen LogP contribution in [-0.4, -0.2) is 9.79 Å². The van der Waals surface area contributed by atoms with Gasteiger partial charge >= 0.3 is 8.25 Å². The molecule has 0 aliphatic carbocycles. The fourth-order valence-electron chi connectivity index (χ4n) is 0. The van der Waals surface area contributed by atoms with E-state index < -0.39 is 8.25 Å². The molecule has 0 aromatic rings. The van der Waals surface area contributed by atoms with Gasteiger partial charge in [0.25, 0.3) is 0 Å². The summed E-state index contributed by atoms with van der Waals surface area (Å²) in [6.07, 6.45) is 0. The third kappa shape index (κ3) is 32.5. The molecule has 0 aliphatic rings. The van der Waals surface area contributed by atoms with Gasteiger partial charge < -0.3 is 0 Å². The van der Waals surface area contributed by atoms with Gasteiger partial charge in [0, 0.05) is 45.4 Å². The molecule has 0 rings (SSSR count). The van der Waals surface area contributed by atoms with Crippen LogP contribution in [0.3, 0.4) is 0 Å². The second kappa shape index (κ2) is 5.37. The molecule has 0 heterocycles. The van der Waals surface area contributed by atoms with Crippen LogP contribution in [0.2, 0.25) is 0 Å². The van der Waals surface area contributed by atoms with E-state index in [0.29, 0.717) is 0 Å². The van der Waals surface area contributed by atoms with Crippen molar-refractivity contribution in [3.63, 3.8) is 0 Å². The normalized spacial score (nSPS) is 5.20. The van der Waals surface area contributed by atoms with Crippen LogP contribution in [0, 0.1) is 40.8 Å². The zero-order valence-electron chi connectivity index (χ0n) is 2.25. The van der Waals surface area contributed by atoms with Crippen LogP contribution in [0.5, 0.6) is 0 Å². The Morgan fingerprint density at radius 1 is 1.40 bits per heavy atom. The van der Waals surface area contributed by atoms with Gasteiger partial charge in [-0.25, -0.2) is 0 Å². The third-order valence-electron chi connectivity index (χ3n) is 0. The molecule has 0 radical (unpaired) electrons. The summed E-state index contributed by atoms with van der Waals surface area (Å²) in [6.45, 7) is 0. The summed E-state index contributed by atoms with van der Waals surface area (Å²) in [5, 5.41) is 0. The molecule has 5 heavy (non-hydrogen) atoms. The minimum absolute atomic E-state index is 0. The number of hydrogen-bond donors (Lipinski definition) is 2. The first-order valence-electron chi connectivity index (χ1n) is 0.583. The first-order chi connectivity index (χ1) is 1.73. The van der Waals surface area contributed by atoms with Gasteiger partial charge in [-0.1, -0.05) is 0 Å². The van der Waals surface area contributed by atoms with Crippen LogP contribution in [-0.2, 0) is 4.57 Å². The molecule has 28 valence electrons. The largest absolute Gasteiger partial charge is 0.692 e. The average molecular weight is 225 g/mol. The maximum Gasteiger partial charge on any atom is 0.692 e. The molecule has 5 heteroatoms. The van der Waals surface area contributed by atoms with Crippen molar-refractivity contribution >= 4 is 8.25 Å². The molecule has 0 aromatic carbocycles. The van der Waals surface area contributed by atoms with Crippen molar-refractivity contribution in [2.45, 2.75) is 0 Å². The summed E-state index contributed by atoms with van der Waals surface area (Å²) >= 11 is 0. The predicted octanol–water partition coefficient (Wildman–Crippen LogP) is -0.372. The van der Waals surface area contributed by atoms with Crippen molar-refractivity contribution < 1.29 is 55.2 Å². The van der Waals surface area contributed by atoms with Crippen LogP contribution in [0.1, 0.15) is 0 Å². The quantitative estimate of drug-likeness (QED) is 0.553. The van der Waals surface area contributed by atoms with Gasteiger partial charge in [-0.2, -0.15) is 0 Å². The summed E-state index contributed by atoms with van der Waals surface area (Å²) in [5.74, 6) is 0. The summed E-state index contributed by atoms with van der Waals surface area (Å²) in [6, 6.07) is 0. The van der Waals surface area contributed by atoms with Gasteiger partial charge in [0.1, 0.15) is 0 Å². The molecule has 3 nitrogen and oxygen atoms in total. The number of hydrogen-bond acceptors (Lipinski definition) is 1. The average Bonchev–Trinajstić information content (AvgIpc) is 0.811. The Labute approximate surface area is 62.9 Å². The molecule has 0 saturated heterocycles. The van der Waals surface area contributed by atoms with Crippen molar-refractivity contribution in [2.24, 2.45) is 0 Å². The molecule has 0 bridgehead atoms. The fraction of sp³-hybridized carbons (Fsp3) is 0. The molecule has 0 unspecified atom stereocenters. The zero-order valence-corrected chi connectivity index (χ0v) is 6.35. The molecular weight excluding hydrogens is 223 g/mol. The van der Waals surface area contributed by atoms with Crippen molar-refractivity contribution in [1.29, 1.82) is 0 Å². The van der Waals surface area contributed by atoms with Crippen LogP contribution < -0.4 is 0 Å². The molecule has 0 aliphatic heterocycles. The molecule has 2 N–H and O–H groups in total. The first kappa shape index (κ1) is 9.62. The molecule has 0 amide bonds. The van der Waals surface area contributed by atoms with E-state index in [-0.39, 0.29) is 40.8 Å². The Morgan fingerprint density at radius 3 is 1.40 bits per heavy atom. The maximum absolute atomic E-state index is 8.70. The molecular formula is H2NdO3P+. The van der Waals surface area contributed by atoms with Gasteiger partial charge in [0.15, 0.2) is 0 Å². The Balaban J connectivity index is 0. The summed E-state index contributed by atoms with van der Waals surface area (Å²) in [4.78, 5) is 14.2. The minimum Gasteiger partial charge on any atom is -0.134 e. The Morgan fingerprint density at radius 2 is 1.40 bits per heavy atom. The van der Waals surface area contributed by atoms with E-state index in [4.69, 9.17) is 14.4 Å². The molecule has 0 saturated carbocycles. The monoisotopic (exact) mass is 223 g/mol. The van der Waals surface area contributed by atoms with Gasteiger partial charge in [0.2, 0.25) is 0 Å². The Bertz CT molecular complexity index is 29.9. The second-order valence-electron chi connectivity index (χ2n) is 0.253. The van der Waals surface area contributed by atoms with Crippen molar-refractivity contribution in [1.82, 2.24) is 0 Å². The third-order valence-corrected chi connectivity index (χ3v) is 0. The Kier molecular flexibility index (Phi) is 10.3. The van der Waals surface area contributed by atoms with Gasteiger partial charge in [-0.15, -0.1) is 9.79 Å². The van der Waals surface area contributed by atoms with E-state index in [1.54, 1.807) is 0 Å². The van der Waals surface area contributed by atoms with E-state index in [1.807, 2.05) is 0 Å². The van der Waals surface area contributed by atoms with Crippen molar-refractivity contribution in [3.05, 3.63) is 0 Å². The number of rotatable bonds is 0. The van der Waals surface area contributed by atoms with Gasteiger partial charge in [0.05, 0.1) is 0 Å². The smallest absolute Gasteiger partial charge is 0.134 e. The topological polar surface area (TPSA) is 57.5 Å². The molecule has 0 fully saturated rings. The van der Waals surface area contributed by atoms with E-state index in [1.165, 1.54) is 0 Å². The van der Waals surface area contributed by atoms with E-state index >= 15 is 0 Å². The second-order valence-corrected chi connectivity index (χ2v) is 0.758. The van der Waals surface area contributed by atoms with E-state index in [2.05, 4.69) is 0 Å². The fourth-order valence-corrected chi connectivity index (χ4v) is 0. The Hall–Kier alpha value is 1.37. The standard InChI is InChI=1S/Nd.HO3P/c;1-4(2)3/h;(H-,1,2,3)/p+1. The molecule has 0 spiro atoms.